The highest BCUT2D eigenvalue weighted by Gasteiger charge is 2.29. The first kappa shape index (κ1) is 12.7. The number of nitrogens with zero attached hydrogens (tertiary/aromatic N) is 2. The van der Waals surface area contributed by atoms with Gasteiger partial charge in [0.2, 0.25) is 0 Å². The van der Waals surface area contributed by atoms with Crippen LogP contribution in [0.15, 0.2) is 24.3 Å². The standard InChI is InChI=1S/C13H20ClN3/c1-10-8-17(9-11(7-15)16(10)2)13-6-4-3-5-12(13)14/h3-6,10-11H,7-9,15H2,1-2H3. The second kappa shape index (κ2) is 5.25. The number of para-hydroxylation sites is 1. The van der Waals surface area contributed by atoms with Crippen LogP contribution in [-0.2, 0) is 0 Å². The van der Waals surface area contributed by atoms with Crippen LogP contribution in [0.1, 0.15) is 6.92 Å². The van der Waals surface area contributed by atoms with Crippen LogP contribution in [0.4, 0.5) is 5.69 Å². The third kappa shape index (κ3) is 2.57. The average Bonchev–Trinajstić information content (AvgIpc) is 2.33. The fourth-order valence-corrected chi connectivity index (χ4v) is 2.67. The summed E-state index contributed by atoms with van der Waals surface area (Å²) < 4.78 is 0. The number of likely N-dealkylation sites (N-methyl/N-ethyl adjacent to an activating group) is 1. The van der Waals surface area contributed by atoms with Crippen LogP contribution < -0.4 is 10.6 Å². The van der Waals surface area contributed by atoms with Gasteiger partial charge in [0.15, 0.2) is 0 Å². The van der Waals surface area contributed by atoms with E-state index in [0.717, 1.165) is 23.8 Å². The highest BCUT2D eigenvalue weighted by molar-refractivity contribution is 6.33. The van der Waals surface area contributed by atoms with Crippen LogP contribution in [0.3, 0.4) is 0 Å². The molecule has 1 aliphatic rings. The summed E-state index contributed by atoms with van der Waals surface area (Å²) in [5.41, 5.74) is 6.95. The van der Waals surface area contributed by atoms with E-state index in [1.54, 1.807) is 0 Å². The van der Waals surface area contributed by atoms with E-state index in [9.17, 15) is 0 Å². The maximum atomic E-state index is 6.25. The van der Waals surface area contributed by atoms with Crippen molar-refractivity contribution >= 4 is 17.3 Å². The number of piperazine rings is 1. The molecule has 17 heavy (non-hydrogen) atoms. The van der Waals surface area contributed by atoms with Gasteiger partial charge >= 0.3 is 0 Å². The number of anilines is 1. The molecule has 2 atom stereocenters. The highest BCUT2D eigenvalue weighted by Crippen LogP contribution is 2.28. The highest BCUT2D eigenvalue weighted by atomic mass is 35.5. The summed E-state index contributed by atoms with van der Waals surface area (Å²) in [5.74, 6) is 0. The molecule has 2 N–H and O–H groups in total. The predicted molar refractivity (Wildman–Crippen MR) is 73.7 cm³/mol. The van der Waals surface area contributed by atoms with Crippen molar-refractivity contribution in [1.29, 1.82) is 0 Å². The Morgan fingerprint density at radius 2 is 2.06 bits per heavy atom. The van der Waals surface area contributed by atoms with E-state index < -0.39 is 0 Å². The molecule has 0 saturated carbocycles. The first-order valence-corrected chi connectivity index (χ1v) is 6.42. The summed E-state index contributed by atoms with van der Waals surface area (Å²) in [4.78, 5) is 4.69. The molecule has 1 heterocycles. The van der Waals surface area contributed by atoms with Crippen LogP contribution in [0.5, 0.6) is 0 Å². The molecule has 1 saturated heterocycles. The minimum Gasteiger partial charge on any atom is -0.367 e. The van der Waals surface area contributed by atoms with Crippen LogP contribution in [0, 0.1) is 0 Å². The summed E-state index contributed by atoms with van der Waals surface area (Å²) in [6, 6.07) is 8.90. The fourth-order valence-electron chi connectivity index (χ4n) is 2.41. The van der Waals surface area contributed by atoms with Gasteiger partial charge in [0.1, 0.15) is 0 Å². The summed E-state index contributed by atoms with van der Waals surface area (Å²) in [7, 11) is 2.14. The third-order valence-corrected chi connectivity index (χ3v) is 3.97. The van der Waals surface area contributed by atoms with Gasteiger partial charge in [0.05, 0.1) is 10.7 Å². The van der Waals surface area contributed by atoms with E-state index in [1.165, 1.54) is 0 Å². The molecule has 2 rings (SSSR count). The molecule has 0 bridgehead atoms. The van der Waals surface area contributed by atoms with E-state index in [1.807, 2.05) is 18.2 Å². The number of hydrogen-bond acceptors (Lipinski definition) is 3. The molecule has 1 fully saturated rings. The van der Waals surface area contributed by atoms with Gasteiger partial charge in [0.25, 0.3) is 0 Å². The van der Waals surface area contributed by atoms with Crippen molar-refractivity contribution in [3.05, 3.63) is 29.3 Å². The number of hydrogen-bond donors (Lipinski definition) is 1. The van der Waals surface area contributed by atoms with Gasteiger partial charge in [-0.05, 0) is 26.1 Å². The van der Waals surface area contributed by atoms with Crippen molar-refractivity contribution in [2.24, 2.45) is 5.73 Å². The van der Waals surface area contributed by atoms with Crippen LogP contribution in [0.2, 0.25) is 5.02 Å². The van der Waals surface area contributed by atoms with Gasteiger partial charge in [-0.2, -0.15) is 0 Å². The fraction of sp³-hybridized carbons (Fsp3) is 0.538. The van der Waals surface area contributed by atoms with E-state index in [2.05, 4.69) is 29.8 Å². The number of nitrogens with two attached hydrogens (primary N) is 1. The van der Waals surface area contributed by atoms with Crippen LogP contribution >= 0.6 is 11.6 Å². The van der Waals surface area contributed by atoms with E-state index >= 15 is 0 Å². The van der Waals surface area contributed by atoms with Gasteiger partial charge in [-0.1, -0.05) is 23.7 Å². The molecule has 3 nitrogen and oxygen atoms in total. The van der Waals surface area contributed by atoms with E-state index in [0.29, 0.717) is 18.6 Å². The third-order valence-electron chi connectivity index (χ3n) is 3.65. The zero-order valence-corrected chi connectivity index (χ0v) is 11.2. The molecular formula is C13H20ClN3. The summed E-state index contributed by atoms with van der Waals surface area (Å²) in [6.45, 7) is 4.85. The van der Waals surface area contributed by atoms with E-state index in [-0.39, 0.29) is 0 Å². The van der Waals surface area contributed by atoms with Gasteiger partial charge in [0, 0.05) is 31.7 Å². The molecule has 1 aliphatic heterocycles. The zero-order valence-electron chi connectivity index (χ0n) is 10.4. The summed E-state index contributed by atoms with van der Waals surface area (Å²) in [5, 5.41) is 0.819. The SMILES string of the molecule is CC1CN(c2ccccc2Cl)CC(CN)N1C. The molecule has 0 spiro atoms. The lowest BCUT2D eigenvalue weighted by molar-refractivity contribution is 0.162. The van der Waals surface area contributed by atoms with Crippen molar-refractivity contribution in [3.8, 4) is 0 Å². The number of benzene rings is 1. The maximum absolute atomic E-state index is 6.25. The Balaban J connectivity index is 2.20. The van der Waals surface area contributed by atoms with Gasteiger partial charge in [-0.25, -0.2) is 0 Å². The minimum atomic E-state index is 0.398. The first-order chi connectivity index (χ1) is 8.13. The lowest BCUT2D eigenvalue weighted by Gasteiger charge is -2.44. The van der Waals surface area contributed by atoms with Crippen LogP contribution in [0.25, 0.3) is 0 Å². The van der Waals surface area contributed by atoms with Crippen molar-refractivity contribution in [2.75, 3.05) is 31.6 Å². The van der Waals surface area contributed by atoms with Gasteiger partial charge in [-0.15, -0.1) is 0 Å². The lowest BCUT2D eigenvalue weighted by Crippen LogP contribution is -2.58. The Morgan fingerprint density at radius 3 is 2.71 bits per heavy atom. The molecular weight excluding hydrogens is 234 g/mol. The second-order valence-electron chi connectivity index (χ2n) is 4.76. The Labute approximate surface area is 108 Å². The second-order valence-corrected chi connectivity index (χ2v) is 5.17. The number of rotatable bonds is 2. The lowest BCUT2D eigenvalue weighted by atomic mass is 10.1. The zero-order chi connectivity index (χ0) is 12.4. The largest absolute Gasteiger partial charge is 0.367 e. The number of halogens is 1. The minimum absolute atomic E-state index is 0.398. The summed E-state index contributed by atoms with van der Waals surface area (Å²) >= 11 is 6.25. The van der Waals surface area contributed by atoms with Crippen molar-refractivity contribution < 1.29 is 0 Å². The Bertz CT molecular complexity index is 383. The molecule has 0 aromatic heterocycles. The molecule has 0 radical (unpaired) electrons. The Hall–Kier alpha value is -0.770. The molecule has 4 heteroatoms. The molecule has 1 aromatic carbocycles. The molecule has 0 amide bonds. The van der Waals surface area contributed by atoms with Crippen LogP contribution in [-0.4, -0.2) is 43.7 Å². The predicted octanol–water partition coefficient (Wildman–Crippen LogP) is 1.81. The summed E-state index contributed by atoms with van der Waals surface area (Å²) in [6.07, 6.45) is 0. The van der Waals surface area contributed by atoms with Gasteiger partial charge < -0.3 is 10.6 Å². The smallest absolute Gasteiger partial charge is 0.0639 e. The average molecular weight is 254 g/mol. The normalized spacial score (nSPS) is 26.2. The Morgan fingerprint density at radius 1 is 1.35 bits per heavy atom. The molecule has 0 aliphatic carbocycles. The Kier molecular flexibility index (Phi) is 3.92. The quantitative estimate of drug-likeness (QED) is 0.873. The first-order valence-electron chi connectivity index (χ1n) is 6.05. The maximum Gasteiger partial charge on any atom is 0.0639 e. The van der Waals surface area contributed by atoms with Crippen molar-refractivity contribution in [1.82, 2.24) is 4.90 Å². The monoisotopic (exact) mass is 253 g/mol. The van der Waals surface area contributed by atoms with Crippen molar-refractivity contribution in [2.45, 2.75) is 19.0 Å². The van der Waals surface area contributed by atoms with E-state index in [4.69, 9.17) is 17.3 Å². The molecule has 1 aromatic rings. The molecule has 94 valence electrons. The van der Waals surface area contributed by atoms with Crippen molar-refractivity contribution in [3.63, 3.8) is 0 Å². The molecule has 2 unspecified atom stereocenters. The topological polar surface area (TPSA) is 32.5 Å². The van der Waals surface area contributed by atoms with Gasteiger partial charge in [-0.3, -0.25) is 4.90 Å².